The molecule has 5 nitrogen and oxygen atoms in total. The molecule has 1 heterocycles. The predicted octanol–water partition coefficient (Wildman–Crippen LogP) is 2.96. The Morgan fingerprint density at radius 3 is 2.26 bits per heavy atom. The lowest BCUT2D eigenvalue weighted by molar-refractivity contribution is -0.134. The second kappa shape index (κ2) is 5.96. The van der Waals surface area contributed by atoms with E-state index in [1.807, 2.05) is 6.92 Å². The Balaban J connectivity index is 1.73. The summed E-state index contributed by atoms with van der Waals surface area (Å²) >= 11 is 3.36. The molecule has 0 atom stereocenters. The number of hydrogen-bond acceptors (Lipinski definition) is 4. The Bertz CT molecular complexity index is 796. The second-order valence-corrected chi connectivity index (χ2v) is 5.98. The highest BCUT2D eigenvalue weighted by molar-refractivity contribution is 9.10. The first-order chi connectivity index (χ1) is 11.0. The van der Waals surface area contributed by atoms with Gasteiger partial charge in [0, 0.05) is 4.47 Å². The zero-order chi connectivity index (χ0) is 16.6. The molecule has 116 valence electrons. The van der Waals surface area contributed by atoms with Crippen LogP contribution in [0, 0.1) is 6.92 Å². The normalized spacial score (nSPS) is 13.2. The van der Waals surface area contributed by atoms with Crippen LogP contribution >= 0.6 is 15.9 Å². The number of nitrogens with zero attached hydrogens (tertiary/aromatic N) is 1. The van der Waals surface area contributed by atoms with Crippen molar-refractivity contribution < 1.29 is 19.1 Å². The Labute approximate surface area is 141 Å². The first-order valence-corrected chi connectivity index (χ1v) is 7.68. The number of benzene rings is 2. The molecule has 0 bridgehead atoms. The molecule has 0 unspecified atom stereocenters. The highest BCUT2D eigenvalue weighted by Crippen LogP contribution is 2.24. The van der Waals surface area contributed by atoms with E-state index in [-0.39, 0.29) is 0 Å². The van der Waals surface area contributed by atoms with Crippen LogP contribution in [-0.2, 0) is 4.79 Å². The maximum Gasteiger partial charge on any atom is 0.331 e. The average molecular weight is 374 g/mol. The summed E-state index contributed by atoms with van der Waals surface area (Å²) in [5.41, 5.74) is 1.53. The Kier molecular flexibility index (Phi) is 4.00. The monoisotopic (exact) mass is 373 g/mol. The molecular weight excluding hydrogens is 362 g/mol. The van der Waals surface area contributed by atoms with Crippen LogP contribution in [0.15, 0.2) is 46.9 Å². The van der Waals surface area contributed by atoms with Crippen molar-refractivity contribution in [1.82, 2.24) is 4.90 Å². The standard InChI is InChI=1S/C17H12BrNO4/c1-10-8-11(6-7-14(10)18)23-15(20)9-19-16(21)12-4-2-3-5-13(12)17(19)22/h2-8H,9H2,1H3. The van der Waals surface area contributed by atoms with Crippen LogP contribution in [0.1, 0.15) is 26.3 Å². The quantitative estimate of drug-likeness (QED) is 0.471. The van der Waals surface area contributed by atoms with E-state index in [4.69, 9.17) is 4.74 Å². The van der Waals surface area contributed by atoms with Crippen LogP contribution in [0.2, 0.25) is 0 Å². The van der Waals surface area contributed by atoms with Gasteiger partial charge < -0.3 is 4.74 Å². The SMILES string of the molecule is Cc1cc(OC(=O)CN2C(=O)c3ccccc3C2=O)ccc1Br. The molecule has 0 fully saturated rings. The van der Waals surface area contributed by atoms with Gasteiger partial charge in [-0.05, 0) is 42.8 Å². The minimum atomic E-state index is -0.666. The molecule has 0 N–H and O–H groups in total. The summed E-state index contributed by atoms with van der Waals surface area (Å²) in [7, 11) is 0. The average Bonchev–Trinajstić information content (AvgIpc) is 2.76. The first-order valence-electron chi connectivity index (χ1n) is 6.89. The third-order valence-electron chi connectivity index (χ3n) is 3.53. The van der Waals surface area contributed by atoms with Crippen molar-refractivity contribution in [2.75, 3.05) is 6.54 Å². The molecule has 2 amide bonds. The van der Waals surface area contributed by atoms with Gasteiger partial charge in [-0.25, -0.2) is 4.79 Å². The first kappa shape index (κ1) is 15.4. The summed E-state index contributed by atoms with van der Waals surface area (Å²) in [6, 6.07) is 11.6. The molecular formula is C17H12BrNO4. The largest absolute Gasteiger partial charge is 0.425 e. The van der Waals surface area contributed by atoms with Crippen LogP contribution in [0.3, 0.4) is 0 Å². The van der Waals surface area contributed by atoms with Crippen LogP contribution < -0.4 is 4.74 Å². The van der Waals surface area contributed by atoms with Gasteiger partial charge in [0.25, 0.3) is 11.8 Å². The van der Waals surface area contributed by atoms with Crippen molar-refractivity contribution in [3.8, 4) is 5.75 Å². The molecule has 0 saturated heterocycles. The Hall–Kier alpha value is -2.47. The summed E-state index contributed by atoms with van der Waals surface area (Å²) in [6.45, 7) is 1.45. The number of halogens is 1. The topological polar surface area (TPSA) is 63.7 Å². The Morgan fingerprint density at radius 2 is 1.70 bits per heavy atom. The lowest BCUT2D eigenvalue weighted by atomic mass is 10.1. The van der Waals surface area contributed by atoms with E-state index in [9.17, 15) is 14.4 Å². The number of amides is 2. The van der Waals surface area contributed by atoms with Crippen molar-refractivity contribution in [3.63, 3.8) is 0 Å². The molecule has 0 saturated carbocycles. The highest BCUT2D eigenvalue weighted by Gasteiger charge is 2.36. The van der Waals surface area contributed by atoms with Gasteiger partial charge in [0.15, 0.2) is 0 Å². The lowest BCUT2D eigenvalue weighted by Crippen LogP contribution is -2.36. The fraction of sp³-hybridized carbons (Fsp3) is 0.118. The summed E-state index contributed by atoms with van der Waals surface area (Å²) in [4.78, 5) is 37.3. The molecule has 0 spiro atoms. The summed E-state index contributed by atoms with van der Waals surface area (Å²) in [6.07, 6.45) is 0. The number of aryl methyl sites for hydroxylation is 1. The van der Waals surface area contributed by atoms with Crippen molar-refractivity contribution in [2.45, 2.75) is 6.92 Å². The molecule has 2 aromatic carbocycles. The van der Waals surface area contributed by atoms with Crippen LogP contribution in [0.25, 0.3) is 0 Å². The van der Waals surface area contributed by atoms with Gasteiger partial charge in [-0.15, -0.1) is 0 Å². The number of imide groups is 1. The van der Waals surface area contributed by atoms with E-state index in [0.29, 0.717) is 16.9 Å². The third-order valence-corrected chi connectivity index (χ3v) is 4.42. The van der Waals surface area contributed by atoms with E-state index in [0.717, 1.165) is 14.9 Å². The minimum absolute atomic E-state index is 0.310. The number of rotatable bonds is 3. The molecule has 3 rings (SSSR count). The fourth-order valence-electron chi connectivity index (χ4n) is 2.36. The maximum atomic E-state index is 12.2. The summed E-state index contributed by atoms with van der Waals surface area (Å²) in [5.74, 6) is -1.25. The number of carbonyl (C=O) groups excluding carboxylic acids is 3. The minimum Gasteiger partial charge on any atom is -0.425 e. The maximum absolute atomic E-state index is 12.2. The van der Waals surface area contributed by atoms with Crippen molar-refractivity contribution in [3.05, 3.63) is 63.6 Å². The van der Waals surface area contributed by atoms with Gasteiger partial charge in [-0.2, -0.15) is 0 Å². The van der Waals surface area contributed by atoms with Gasteiger partial charge >= 0.3 is 5.97 Å². The molecule has 2 aromatic rings. The lowest BCUT2D eigenvalue weighted by Gasteiger charge is -2.13. The number of hydrogen-bond donors (Lipinski definition) is 0. The van der Waals surface area contributed by atoms with Gasteiger partial charge in [-0.1, -0.05) is 28.1 Å². The number of ether oxygens (including phenoxy) is 1. The molecule has 23 heavy (non-hydrogen) atoms. The smallest absolute Gasteiger partial charge is 0.331 e. The molecule has 0 aromatic heterocycles. The van der Waals surface area contributed by atoms with Gasteiger partial charge in [0.1, 0.15) is 12.3 Å². The predicted molar refractivity (Wildman–Crippen MR) is 86.3 cm³/mol. The van der Waals surface area contributed by atoms with E-state index in [2.05, 4.69) is 15.9 Å². The van der Waals surface area contributed by atoms with Crippen molar-refractivity contribution >= 4 is 33.7 Å². The molecule has 0 radical (unpaired) electrons. The van der Waals surface area contributed by atoms with E-state index in [1.165, 1.54) is 0 Å². The Morgan fingerprint density at radius 1 is 1.09 bits per heavy atom. The number of carbonyl (C=O) groups is 3. The highest BCUT2D eigenvalue weighted by atomic mass is 79.9. The zero-order valence-corrected chi connectivity index (χ0v) is 13.8. The summed E-state index contributed by atoms with van der Waals surface area (Å²) in [5, 5.41) is 0. The van der Waals surface area contributed by atoms with Gasteiger partial charge in [0.2, 0.25) is 0 Å². The van der Waals surface area contributed by atoms with E-state index < -0.39 is 24.3 Å². The molecule has 0 aliphatic carbocycles. The number of fused-ring (bicyclic) bond motifs is 1. The van der Waals surface area contributed by atoms with Crippen LogP contribution in [-0.4, -0.2) is 29.2 Å². The molecule has 6 heteroatoms. The van der Waals surface area contributed by atoms with Gasteiger partial charge in [0.05, 0.1) is 11.1 Å². The third kappa shape index (κ3) is 2.90. The van der Waals surface area contributed by atoms with Crippen molar-refractivity contribution in [2.24, 2.45) is 0 Å². The zero-order valence-electron chi connectivity index (χ0n) is 12.2. The van der Waals surface area contributed by atoms with Crippen LogP contribution in [0.4, 0.5) is 0 Å². The van der Waals surface area contributed by atoms with Crippen molar-refractivity contribution in [1.29, 1.82) is 0 Å². The fourth-order valence-corrected chi connectivity index (χ4v) is 2.60. The second-order valence-electron chi connectivity index (χ2n) is 5.13. The van der Waals surface area contributed by atoms with Crippen LogP contribution in [0.5, 0.6) is 5.75 Å². The van der Waals surface area contributed by atoms with E-state index >= 15 is 0 Å². The van der Waals surface area contributed by atoms with Gasteiger partial charge in [-0.3, -0.25) is 14.5 Å². The molecule has 1 aliphatic heterocycles. The number of esters is 1. The van der Waals surface area contributed by atoms with E-state index in [1.54, 1.807) is 42.5 Å². The summed E-state index contributed by atoms with van der Waals surface area (Å²) < 4.78 is 6.10. The molecule has 1 aliphatic rings.